The van der Waals surface area contributed by atoms with Gasteiger partial charge in [0.05, 0.1) is 0 Å². The summed E-state index contributed by atoms with van der Waals surface area (Å²) in [5, 5.41) is 11.9. The van der Waals surface area contributed by atoms with Gasteiger partial charge in [0.1, 0.15) is 11.8 Å². The lowest BCUT2D eigenvalue weighted by Crippen LogP contribution is -2.15. The minimum absolute atomic E-state index is 0.0984. The van der Waals surface area contributed by atoms with Gasteiger partial charge in [0.15, 0.2) is 6.61 Å². The molecule has 1 aliphatic carbocycles. The molecule has 1 aromatic rings. The molecule has 1 unspecified atom stereocenters. The predicted molar refractivity (Wildman–Crippen MR) is 72.5 cm³/mol. The van der Waals surface area contributed by atoms with Gasteiger partial charge in [-0.25, -0.2) is 0 Å². The Morgan fingerprint density at radius 2 is 2.11 bits per heavy atom. The van der Waals surface area contributed by atoms with Crippen LogP contribution in [0.1, 0.15) is 19.3 Å². The summed E-state index contributed by atoms with van der Waals surface area (Å²) in [6, 6.07) is 9.72. The van der Waals surface area contributed by atoms with Crippen molar-refractivity contribution in [2.75, 3.05) is 18.5 Å². The van der Waals surface area contributed by atoms with E-state index in [2.05, 4.69) is 17.5 Å². The fraction of sp³-hybridized carbons (Fsp3) is 0.400. The molecule has 0 heterocycles. The van der Waals surface area contributed by atoms with Crippen LogP contribution < -0.4 is 10.1 Å². The van der Waals surface area contributed by atoms with Crippen molar-refractivity contribution in [2.24, 2.45) is 5.92 Å². The van der Waals surface area contributed by atoms with Crippen molar-refractivity contribution in [3.05, 3.63) is 36.4 Å². The van der Waals surface area contributed by atoms with E-state index in [4.69, 9.17) is 10.00 Å². The molecule has 1 atom stereocenters. The summed E-state index contributed by atoms with van der Waals surface area (Å²) >= 11 is 0. The number of hydrogen-bond acceptors (Lipinski definition) is 3. The molecule has 0 radical (unpaired) electrons. The van der Waals surface area contributed by atoms with Crippen LogP contribution >= 0.6 is 0 Å². The first kappa shape index (κ1) is 12.5. The second-order valence-corrected chi connectivity index (χ2v) is 4.50. The van der Waals surface area contributed by atoms with E-state index in [1.54, 1.807) is 0 Å². The van der Waals surface area contributed by atoms with Crippen molar-refractivity contribution >= 4 is 5.69 Å². The van der Waals surface area contributed by atoms with E-state index in [9.17, 15) is 0 Å². The van der Waals surface area contributed by atoms with Gasteiger partial charge in [0, 0.05) is 12.2 Å². The van der Waals surface area contributed by atoms with E-state index in [1.165, 1.54) is 19.3 Å². The highest BCUT2D eigenvalue weighted by atomic mass is 16.5. The highest BCUT2D eigenvalue weighted by molar-refractivity contribution is 5.46. The first-order valence-corrected chi connectivity index (χ1v) is 6.37. The minimum atomic E-state index is 0.0984. The summed E-state index contributed by atoms with van der Waals surface area (Å²) in [4.78, 5) is 0. The Labute approximate surface area is 108 Å². The molecule has 0 spiro atoms. The van der Waals surface area contributed by atoms with E-state index in [1.807, 2.05) is 30.3 Å². The molecule has 0 fully saturated rings. The Balaban J connectivity index is 1.79. The van der Waals surface area contributed by atoms with Crippen LogP contribution in [0.5, 0.6) is 5.75 Å². The number of nitriles is 1. The number of anilines is 1. The van der Waals surface area contributed by atoms with Gasteiger partial charge in [-0.1, -0.05) is 12.2 Å². The van der Waals surface area contributed by atoms with Crippen LogP contribution in [0.3, 0.4) is 0 Å². The maximum Gasteiger partial charge on any atom is 0.174 e. The van der Waals surface area contributed by atoms with Gasteiger partial charge < -0.3 is 10.1 Å². The maximum atomic E-state index is 8.42. The molecular formula is C15H18N2O. The normalized spacial score (nSPS) is 18.1. The fourth-order valence-electron chi connectivity index (χ4n) is 2.09. The van der Waals surface area contributed by atoms with Crippen LogP contribution in [0.2, 0.25) is 0 Å². The first-order chi connectivity index (χ1) is 8.88. The van der Waals surface area contributed by atoms with E-state index in [0.717, 1.165) is 23.9 Å². The number of hydrogen-bond donors (Lipinski definition) is 1. The van der Waals surface area contributed by atoms with Crippen molar-refractivity contribution in [3.8, 4) is 11.8 Å². The molecule has 2 rings (SSSR count). The number of allylic oxidation sites excluding steroid dienone is 2. The molecule has 0 bridgehead atoms. The summed E-state index contributed by atoms with van der Waals surface area (Å²) in [6.07, 6.45) is 8.18. The largest absolute Gasteiger partial charge is 0.479 e. The topological polar surface area (TPSA) is 45.0 Å². The van der Waals surface area contributed by atoms with E-state index < -0.39 is 0 Å². The SMILES string of the molecule is N#CCOc1ccc(NCC2CC=CCC2)cc1. The summed E-state index contributed by atoms with van der Waals surface area (Å²) in [5.74, 6) is 1.48. The monoisotopic (exact) mass is 242 g/mol. The Morgan fingerprint density at radius 1 is 1.28 bits per heavy atom. The number of ether oxygens (including phenoxy) is 1. The smallest absolute Gasteiger partial charge is 0.174 e. The molecule has 0 amide bonds. The quantitative estimate of drug-likeness (QED) is 0.805. The van der Waals surface area contributed by atoms with Gasteiger partial charge in [-0.05, 0) is 49.4 Å². The molecule has 0 aromatic heterocycles. The van der Waals surface area contributed by atoms with Crippen LogP contribution in [0, 0.1) is 17.2 Å². The van der Waals surface area contributed by atoms with Gasteiger partial charge in [-0.3, -0.25) is 0 Å². The van der Waals surface area contributed by atoms with Gasteiger partial charge in [0.2, 0.25) is 0 Å². The van der Waals surface area contributed by atoms with Crippen molar-refractivity contribution in [2.45, 2.75) is 19.3 Å². The zero-order chi connectivity index (χ0) is 12.6. The lowest BCUT2D eigenvalue weighted by molar-refractivity contribution is 0.368. The van der Waals surface area contributed by atoms with Gasteiger partial charge in [-0.15, -0.1) is 0 Å². The fourth-order valence-corrected chi connectivity index (χ4v) is 2.09. The van der Waals surface area contributed by atoms with Crippen molar-refractivity contribution < 1.29 is 4.74 Å². The Kier molecular flexibility index (Phi) is 4.66. The Hall–Kier alpha value is -1.95. The molecule has 0 saturated carbocycles. The maximum absolute atomic E-state index is 8.42. The molecule has 94 valence electrons. The van der Waals surface area contributed by atoms with Crippen LogP contribution in [-0.4, -0.2) is 13.2 Å². The summed E-state index contributed by atoms with van der Waals surface area (Å²) < 4.78 is 5.21. The molecule has 18 heavy (non-hydrogen) atoms. The number of nitrogens with zero attached hydrogens (tertiary/aromatic N) is 1. The molecule has 0 aliphatic heterocycles. The highest BCUT2D eigenvalue weighted by Crippen LogP contribution is 2.20. The number of rotatable bonds is 5. The Morgan fingerprint density at radius 3 is 2.78 bits per heavy atom. The summed E-state index contributed by atoms with van der Waals surface area (Å²) in [5.41, 5.74) is 1.11. The molecule has 0 saturated heterocycles. The minimum Gasteiger partial charge on any atom is -0.479 e. The van der Waals surface area contributed by atoms with Crippen molar-refractivity contribution in [1.29, 1.82) is 5.26 Å². The zero-order valence-electron chi connectivity index (χ0n) is 10.4. The number of benzene rings is 1. The van der Waals surface area contributed by atoms with Crippen LogP contribution in [0.4, 0.5) is 5.69 Å². The Bertz CT molecular complexity index is 431. The van der Waals surface area contributed by atoms with Crippen LogP contribution in [-0.2, 0) is 0 Å². The van der Waals surface area contributed by atoms with E-state index in [0.29, 0.717) is 0 Å². The third-order valence-electron chi connectivity index (χ3n) is 3.13. The molecule has 1 aliphatic rings. The lowest BCUT2D eigenvalue weighted by atomic mass is 9.94. The molecule has 1 N–H and O–H groups in total. The zero-order valence-corrected chi connectivity index (χ0v) is 10.4. The number of nitrogens with one attached hydrogen (secondary N) is 1. The highest BCUT2D eigenvalue weighted by Gasteiger charge is 2.09. The lowest BCUT2D eigenvalue weighted by Gasteiger charge is -2.18. The summed E-state index contributed by atoms with van der Waals surface area (Å²) in [7, 11) is 0. The van der Waals surface area contributed by atoms with E-state index in [-0.39, 0.29) is 6.61 Å². The average molecular weight is 242 g/mol. The van der Waals surface area contributed by atoms with Crippen molar-refractivity contribution in [1.82, 2.24) is 0 Å². The molecule has 3 heteroatoms. The van der Waals surface area contributed by atoms with Gasteiger partial charge in [-0.2, -0.15) is 5.26 Å². The van der Waals surface area contributed by atoms with Crippen molar-refractivity contribution in [3.63, 3.8) is 0 Å². The second-order valence-electron chi connectivity index (χ2n) is 4.50. The third-order valence-corrected chi connectivity index (χ3v) is 3.13. The second kappa shape index (κ2) is 6.70. The summed E-state index contributed by atoms with van der Waals surface area (Å²) in [6.45, 7) is 1.12. The third kappa shape index (κ3) is 3.81. The molecule has 1 aromatic carbocycles. The average Bonchev–Trinajstić information content (AvgIpc) is 2.45. The standard InChI is InChI=1S/C15H18N2O/c16-10-11-18-15-8-6-14(7-9-15)17-12-13-4-2-1-3-5-13/h1-2,6-9,13,17H,3-5,11-12H2. The van der Waals surface area contributed by atoms with Crippen LogP contribution in [0.25, 0.3) is 0 Å². The first-order valence-electron chi connectivity index (χ1n) is 6.37. The van der Waals surface area contributed by atoms with Gasteiger partial charge in [0.25, 0.3) is 0 Å². The van der Waals surface area contributed by atoms with Crippen LogP contribution in [0.15, 0.2) is 36.4 Å². The molecule has 3 nitrogen and oxygen atoms in total. The van der Waals surface area contributed by atoms with E-state index >= 15 is 0 Å². The van der Waals surface area contributed by atoms with Gasteiger partial charge >= 0.3 is 0 Å². The predicted octanol–water partition coefficient (Wildman–Crippen LogP) is 3.36. The molecular weight excluding hydrogens is 224 g/mol.